The Bertz CT molecular complexity index is 331. The van der Waals surface area contributed by atoms with Gasteiger partial charge in [0.25, 0.3) is 0 Å². The van der Waals surface area contributed by atoms with Crippen molar-refractivity contribution in [2.24, 2.45) is 10.3 Å². The molecule has 0 spiro atoms. The van der Waals surface area contributed by atoms with E-state index in [0.717, 1.165) is 4.88 Å². The number of thiophene rings is 1. The second-order valence-electron chi connectivity index (χ2n) is 2.86. The maximum atomic E-state index is 8.78. The summed E-state index contributed by atoms with van der Waals surface area (Å²) < 4.78 is 0. The second-order valence-corrected chi connectivity index (χ2v) is 3.81. The van der Waals surface area contributed by atoms with Gasteiger partial charge in [-0.1, -0.05) is 16.4 Å². The lowest BCUT2D eigenvalue weighted by Crippen LogP contribution is -2.02. The fourth-order valence-corrected chi connectivity index (χ4v) is 1.75. The van der Waals surface area contributed by atoms with Gasteiger partial charge in [-0.3, -0.25) is 0 Å². The highest BCUT2D eigenvalue weighted by molar-refractivity contribution is 7.12. The van der Waals surface area contributed by atoms with Gasteiger partial charge in [-0.2, -0.15) is 0 Å². The third kappa shape index (κ3) is 2.85. The standard InChI is InChI=1S/C9H12N2O2S/c1-7(10-12)4-5-8(11-13)9-3-2-6-14-9/h2-3,6,12-13H,4-5H2,1H3/b10-7+,11-8-. The number of nitrogens with zero attached hydrogens (tertiary/aromatic N) is 2. The summed E-state index contributed by atoms with van der Waals surface area (Å²) in [6, 6.07) is 3.79. The van der Waals surface area contributed by atoms with Crippen LogP contribution in [0.1, 0.15) is 24.6 Å². The van der Waals surface area contributed by atoms with Crippen molar-refractivity contribution in [2.45, 2.75) is 19.8 Å². The Hall–Kier alpha value is -1.36. The van der Waals surface area contributed by atoms with E-state index in [0.29, 0.717) is 24.3 Å². The lowest BCUT2D eigenvalue weighted by atomic mass is 10.1. The molecule has 0 aliphatic heterocycles. The van der Waals surface area contributed by atoms with Crippen LogP contribution in [-0.4, -0.2) is 21.8 Å². The number of hydrogen-bond donors (Lipinski definition) is 2. The Labute approximate surface area is 86.2 Å². The Morgan fingerprint density at radius 1 is 1.36 bits per heavy atom. The van der Waals surface area contributed by atoms with Crippen LogP contribution in [0.3, 0.4) is 0 Å². The van der Waals surface area contributed by atoms with Crippen molar-refractivity contribution in [3.63, 3.8) is 0 Å². The van der Waals surface area contributed by atoms with E-state index < -0.39 is 0 Å². The molecule has 0 unspecified atom stereocenters. The molecule has 0 atom stereocenters. The van der Waals surface area contributed by atoms with E-state index in [1.807, 2.05) is 17.5 Å². The average Bonchev–Trinajstić information content (AvgIpc) is 2.72. The summed E-state index contributed by atoms with van der Waals surface area (Å²) in [4.78, 5) is 0.943. The molecule has 4 nitrogen and oxygen atoms in total. The van der Waals surface area contributed by atoms with Crippen LogP contribution in [0.2, 0.25) is 0 Å². The average molecular weight is 212 g/mol. The fourth-order valence-electron chi connectivity index (χ4n) is 1.01. The van der Waals surface area contributed by atoms with Gasteiger partial charge in [0.2, 0.25) is 0 Å². The Morgan fingerprint density at radius 3 is 2.64 bits per heavy atom. The molecule has 0 amide bonds. The van der Waals surface area contributed by atoms with Crippen LogP contribution in [-0.2, 0) is 0 Å². The van der Waals surface area contributed by atoms with Crippen molar-refractivity contribution in [1.82, 2.24) is 0 Å². The highest BCUT2D eigenvalue weighted by atomic mass is 32.1. The first-order valence-corrected chi connectivity index (χ1v) is 5.08. The van der Waals surface area contributed by atoms with E-state index in [4.69, 9.17) is 10.4 Å². The van der Waals surface area contributed by atoms with Crippen LogP contribution < -0.4 is 0 Å². The maximum absolute atomic E-state index is 8.78. The van der Waals surface area contributed by atoms with E-state index in [2.05, 4.69) is 10.3 Å². The normalized spacial score (nSPS) is 13.2. The summed E-state index contributed by atoms with van der Waals surface area (Å²) in [7, 11) is 0. The van der Waals surface area contributed by atoms with E-state index in [-0.39, 0.29) is 0 Å². The topological polar surface area (TPSA) is 65.2 Å². The molecule has 2 N–H and O–H groups in total. The number of oxime groups is 2. The first-order chi connectivity index (χ1) is 6.77. The smallest absolute Gasteiger partial charge is 0.0970 e. The zero-order chi connectivity index (χ0) is 10.4. The van der Waals surface area contributed by atoms with Crippen LogP contribution in [0.5, 0.6) is 0 Å². The molecule has 0 aliphatic rings. The van der Waals surface area contributed by atoms with Gasteiger partial charge in [0.05, 0.1) is 16.3 Å². The molecule has 0 saturated carbocycles. The SMILES string of the molecule is C/C(CC/C(=N/O)c1cccs1)=N\O. The van der Waals surface area contributed by atoms with Gasteiger partial charge in [0, 0.05) is 0 Å². The third-order valence-electron chi connectivity index (χ3n) is 1.82. The molecule has 1 rings (SSSR count). The molecule has 1 aromatic heterocycles. The number of hydrogen-bond acceptors (Lipinski definition) is 5. The van der Waals surface area contributed by atoms with Crippen LogP contribution in [0, 0.1) is 0 Å². The molecule has 0 aromatic carbocycles. The van der Waals surface area contributed by atoms with Crippen LogP contribution in [0.25, 0.3) is 0 Å². The highest BCUT2D eigenvalue weighted by Gasteiger charge is 2.06. The molecule has 1 heterocycles. The van der Waals surface area contributed by atoms with Gasteiger partial charge in [-0.15, -0.1) is 11.3 Å². The Balaban J connectivity index is 2.58. The van der Waals surface area contributed by atoms with Gasteiger partial charge in [0.15, 0.2) is 0 Å². The predicted octanol–water partition coefficient (Wildman–Crippen LogP) is 2.56. The quantitative estimate of drug-likeness (QED) is 0.457. The van der Waals surface area contributed by atoms with Crippen LogP contribution in [0.4, 0.5) is 0 Å². The predicted molar refractivity (Wildman–Crippen MR) is 56.8 cm³/mol. The van der Waals surface area contributed by atoms with Gasteiger partial charge in [0.1, 0.15) is 0 Å². The monoisotopic (exact) mass is 212 g/mol. The fraction of sp³-hybridized carbons (Fsp3) is 0.333. The molecule has 5 heteroatoms. The van der Waals surface area contributed by atoms with Gasteiger partial charge in [-0.25, -0.2) is 0 Å². The number of rotatable bonds is 4. The zero-order valence-electron chi connectivity index (χ0n) is 7.84. The summed E-state index contributed by atoms with van der Waals surface area (Å²) in [5, 5.41) is 25.4. The van der Waals surface area contributed by atoms with Crippen LogP contribution in [0.15, 0.2) is 27.8 Å². The zero-order valence-corrected chi connectivity index (χ0v) is 8.66. The lowest BCUT2D eigenvalue weighted by molar-refractivity contribution is 0.315. The van der Waals surface area contributed by atoms with E-state index >= 15 is 0 Å². The third-order valence-corrected chi connectivity index (χ3v) is 2.74. The maximum Gasteiger partial charge on any atom is 0.0970 e. The minimum Gasteiger partial charge on any atom is -0.411 e. The molecular weight excluding hydrogens is 200 g/mol. The molecule has 0 saturated heterocycles. The molecule has 76 valence electrons. The van der Waals surface area contributed by atoms with Crippen molar-refractivity contribution in [2.75, 3.05) is 0 Å². The Morgan fingerprint density at radius 2 is 2.14 bits per heavy atom. The summed E-state index contributed by atoms with van der Waals surface area (Å²) in [5.74, 6) is 0. The summed E-state index contributed by atoms with van der Waals surface area (Å²) >= 11 is 1.52. The molecule has 0 bridgehead atoms. The van der Waals surface area contributed by atoms with E-state index in [1.54, 1.807) is 6.92 Å². The van der Waals surface area contributed by atoms with E-state index in [1.165, 1.54) is 11.3 Å². The van der Waals surface area contributed by atoms with Crippen molar-refractivity contribution in [1.29, 1.82) is 0 Å². The first kappa shape index (κ1) is 10.7. The summed E-state index contributed by atoms with van der Waals surface area (Å²) in [6.07, 6.45) is 1.17. The van der Waals surface area contributed by atoms with Gasteiger partial charge >= 0.3 is 0 Å². The molecule has 0 fully saturated rings. The lowest BCUT2D eigenvalue weighted by Gasteiger charge is -2.00. The van der Waals surface area contributed by atoms with Gasteiger partial charge in [-0.05, 0) is 31.2 Å². The molecular formula is C9H12N2O2S. The minimum absolute atomic E-state index is 0.576. The van der Waals surface area contributed by atoms with Crippen molar-refractivity contribution in [3.8, 4) is 0 Å². The van der Waals surface area contributed by atoms with Crippen molar-refractivity contribution in [3.05, 3.63) is 22.4 Å². The molecule has 1 aromatic rings. The van der Waals surface area contributed by atoms with Gasteiger partial charge < -0.3 is 10.4 Å². The van der Waals surface area contributed by atoms with Crippen molar-refractivity contribution >= 4 is 22.8 Å². The largest absolute Gasteiger partial charge is 0.411 e. The van der Waals surface area contributed by atoms with Crippen molar-refractivity contribution < 1.29 is 10.4 Å². The first-order valence-electron chi connectivity index (χ1n) is 4.20. The second kappa shape index (κ2) is 5.39. The summed E-state index contributed by atoms with van der Waals surface area (Å²) in [6.45, 7) is 1.73. The molecule has 14 heavy (non-hydrogen) atoms. The Kier molecular flexibility index (Phi) is 4.12. The van der Waals surface area contributed by atoms with Crippen LogP contribution >= 0.6 is 11.3 Å². The molecule has 0 aliphatic carbocycles. The molecule has 0 radical (unpaired) electrons. The van der Waals surface area contributed by atoms with E-state index in [9.17, 15) is 0 Å². The highest BCUT2D eigenvalue weighted by Crippen LogP contribution is 2.13. The minimum atomic E-state index is 0.576. The summed E-state index contributed by atoms with van der Waals surface area (Å²) in [5.41, 5.74) is 1.26.